The van der Waals surface area contributed by atoms with Crippen LogP contribution in [-0.2, 0) is 23.9 Å². The van der Waals surface area contributed by atoms with Crippen LogP contribution in [0.1, 0.15) is 40.5 Å². The van der Waals surface area contributed by atoms with Crippen molar-refractivity contribution in [2.75, 3.05) is 12.4 Å². The Hall–Kier alpha value is -1.08. The molecule has 1 aliphatic rings. The van der Waals surface area contributed by atoms with Crippen LogP contribution in [0.3, 0.4) is 0 Å². The van der Waals surface area contributed by atoms with Gasteiger partial charge >= 0.3 is 11.9 Å². The minimum atomic E-state index is -0.906. The molecule has 0 bridgehead atoms. The molecule has 0 amide bonds. The van der Waals surface area contributed by atoms with E-state index in [1.54, 1.807) is 0 Å². The SMILES string of the molecule is CC(=O)OCC1OC(CC(=O)SCCC(=O)O)C(C)C(C)C1C. The van der Waals surface area contributed by atoms with Crippen LogP contribution in [0.4, 0.5) is 0 Å². The minimum Gasteiger partial charge on any atom is -0.481 e. The van der Waals surface area contributed by atoms with Gasteiger partial charge in [0.05, 0.1) is 18.6 Å². The van der Waals surface area contributed by atoms with E-state index >= 15 is 0 Å². The van der Waals surface area contributed by atoms with E-state index in [0.29, 0.717) is 5.92 Å². The van der Waals surface area contributed by atoms with E-state index in [2.05, 4.69) is 20.8 Å². The minimum absolute atomic E-state index is 0.0278. The summed E-state index contributed by atoms with van der Waals surface area (Å²) < 4.78 is 11.1. The summed E-state index contributed by atoms with van der Waals surface area (Å²) in [5.41, 5.74) is 0. The van der Waals surface area contributed by atoms with E-state index in [0.717, 1.165) is 11.8 Å². The van der Waals surface area contributed by atoms with Gasteiger partial charge in [0.15, 0.2) is 5.12 Å². The molecule has 0 spiro atoms. The van der Waals surface area contributed by atoms with Crippen LogP contribution in [0.25, 0.3) is 0 Å². The molecule has 7 heteroatoms. The van der Waals surface area contributed by atoms with Gasteiger partial charge in [0, 0.05) is 19.1 Å². The van der Waals surface area contributed by atoms with Gasteiger partial charge in [-0.25, -0.2) is 0 Å². The maximum Gasteiger partial charge on any atom is 0.304 e. The van der Waals surface area contributed by atoms with Crippen LogP contribution in [0.15, 0.2) is 0 Å². The lowest BCUT2D eigenvalue weighted by Crippen LogP contribution is -2.47. The molecule has 1 N–H and O–H groups in total. The second-order valence-electron chi connectivity index (χ2n) is 6.16. The molecule has 0 radical (unpaired) electrons. The van der Waals surface area contributed by atoms with Gasteiger partial charge in [-0.15, -0.1) is 0 Å². The second-order valence-corrected chi connectivity index (χ2v) is 7.31. The lowest BCUT2D eigenvalue weighted by Gasteiger charge is -2.43. The van der Waals surface area contributed by atoms with Gasteiger partial charge in [-0.05, 0) is 17.8 Å². The molecule has 1 fully saturated rings. The lowest BCUT2D eigenvalue weighted by molar-refractivity contribution is -0.170. The quantitative estimate of drug-likeness (QED) is 0.708. The molecule has 0 aromatic carbocycles. The molecule has 1 rings (SSSR count). The van der Waals surface area contributed by atoms with Gasteiger partial charge in [0.1, 0.15) is 6.61 Å². The number of esters is 1. The summed E-state index contributed by atoms with van der Waals surface area (Å²) in [5.74, 6) is -0.192. The van der Waals surface area contributed by atoms with E-state index < -0.39 is 5.97 Å². The van der Waals surface area contributed by atoms with Gasteiger partial charge in [-0.3, -0.25) is 14.4 Å². The number of rotatable bonds is 7. The van der Waals surface area contributed by atoms with Gasteiger partial charge in [0.2, 0.25) is 0 Å². The summed E-state index contributed by atoms with van der Waals surface area (Å²) in [6.45, 7) is 7.80. The predicted octanol–water partition coefficient (Wildman–Crippen LogP) is 2.35. The number of ether oxygens (including phenoxy) is 2. The van der Waals surface area contributed by atoms with Gasteiger partial charge in [0.25, 0.3) is 0 Å². The van der Waals surface area contributed by atoms with Crippen molar-refractivity contribution in [3.05, 3.63) is 0 Å². The van der Waals surface area contributed by atoms with Crippen molar-refractivity contribution in [2.45, 2.75) is 52.7 Å². The van der Waals surface area contributed by atoms with Crippen molar-refractivity contribution in [1.82, 2.24) is 0 Å². The summed E-state index contributed by atoms with van der Waals surface area (Å²) in [7, 11) is 0. The molecule has 0 aromatic rings. The molecule has 1 heterocycles. The van der Waals surface area contributed by atoms with Crippen LogP contribution in [0, 0.1) is 17.8 Å². The maximum atomic E-state index is 12.0. The first-order valence-electron chi connectivity index (χ1n) is 7.88. The predicted molar refractivity (Wildman–Crippen MR) is 87.1 cm³/mol. The number of carboxylic acids is 1. The van der Waals surface area contributed by atoms with E-state index in [1.165, 1.54) is 6.92 Å². The van der Waals surface area contributed by atoms with Crippen LogP contribution < -0.4 is 0 Å². The third-order valence-corrected chi connectivity index (χ3v) is 5.48. The highest BCUT2D eigenvalue weighted by Gasteiger charge is 2.40. The van der Waals surface area contributed by atoms with Gasteiger partial charge < -0.3 is 14.6 Å². The summed E-state index contributed by atoms with van der Waals surface area (Å²) in [6.07, 6.45) is -0.225. The smallest absolute Gasteiger partial charge is 0.304 e. The number of aliphatic carboxylic acids is 1. The van der Waals surface area contributed by atoms with Crippen LogP contribution >= 0.6 is 11.8 Å². The molecule has 6 nitrogen and oxygen atoms in total. The van der Waals surface area contributed by atoms with Crippen molar-refractivity contribution >= 4 is 28.8 Å². The van der Waals surface area contributed by atoms with Crippen molar-refractivity contribution in [3.63, 3.8) is 0 Å². The first-order valence-corrected chi connectivity index (χ1v) is 8.87. The van der Waals surface area contributed by atoms with Gasteiger partial charge in [-0.2, -0.15) is 0 Å². The Morgan fingerprint density at radius 3 is 2.26 bits per heavy atom. The molecule has 0 saturated carbocycles. The van der Waals surface area contributed by atoms with E-state index in [1.807, 2.05) is 0 Å². The van der Waals surface area contributed by atoms with Crippen LogP contribution in [0.2, 0.25) is 0 Å². The Morgan fingerprint density at radius 1 is 1.09 bits per heavy atom. The van der Waals surface area contributed by atoms with Crippen molar-refractivity contribution < 1.29 is 29.0 Å². The Balaban J connectivity index is 2.56. The van der Waals surface area contributed by atoms with Gasteiger partial charge in [-0.1, -0.05) is 32.5 Å². The lowest BCUT2D eigenvalue weighted by atomic mass is 9.76. The van der Waals surface area contributed by atoms with E-state index in [4.69, 9.17) is 14.6 Å². The highest BCUT2D eigenvalue weighted by molar-refractivity contribution is 8.13. The number of hydrogen-bond acceptors (Lipinski definition) is 6. The zero-order valence-electron chi connectivity index (χ0n) is 14.1. The largest absolute Gasteiger partial charge is 0.481 e. The number of carboxylic acid groups (broad SMARTS) is 1. The highest BCUT2D eigenvalue weighted by atomic mass is 32.2. The molecule has 0 aromatic heterocycles. The first-order chi connectivity index (χ1) is 10.7. The number of thioether (sulfide) groups is 1. The van der Waals surface area contributed by atoms with Crippen molar-refractivity contribution in [2.24, 2.45) is 17.8 Å². The zero-order chi connectivity index (χ0) is 17.6. The Labute approximate surface area is 141 Å². The topological polar surface area (TPSA) is 89.9 Å². The average molecular weight is 346 g/mol. The fourth-order valence-corrected chi connectivity index (χ4v) is 3.51. The fourth-order valence-electron chi connectivity index (χ4n) is 2.73. The molecular formula is C16H26O6S. The zero-order valence-corrected chi connectivity index (χ0v) is 14.9. The Bertz CT molecular complexity index is 438. The van der Waals surface area contributed by atoms with Crippen molar-refractivity contribution in [3.8, 4) is 0 Å². The molecule has 23 heavy (non-hydrogen) atoms. The van der Waals surface area contributed by atoms with Crippen LogP contribution in [-0.4, -0.2) is 46.7 Å². The molecule has 1 aliphatic heterocycles. The number of carbonyl (C=O) groups excluding carboxylic acids is 2. The average Bonchev–Trinajstić information content (AvgIpc) is 2.46. The van der Waals surface area contributed by atoms with E-state index in [9.17, 15) is 14.4 Å². The number of carbonyl (C=O) groups is 3. The Kier molecular flexibility index (Phi) is 8.05. The summed E-state index contributed by atoms with van der Waals surface area (Å²) in [4.78, 5) is 33.5. The molecule has 5 atom stereocenters. The molecule has 1 saturated heterocycles. The second kappa shape index (κ2) is 9.27. The summed E-state index contributed by atoms with van der Waals surface area (Å²) >= 11 is 1.04. The summed E-state index contributed by atoms with van der Waals surface area (Å²) in [5, 5.41) is 8.54. The van der Waals surface area contributed by atoms with E-state index in [-0.39, 0.29) is 60.3 Å². The standard InChI is InChI=1S/C16H26O6S/c1-9-10(2)13(7-16(20)23-6-5-15(18)19)22-14(11(9)3)8-21-12(4)17/h9-11,13-14H,5-8H2,1-4H3,(H,18,19). The van der Waals surface area contributed by atoms with Crippen molar-refractivity contribution in [1.29, 1.82) is 0 Å². The molecule has 132 valence electrons. The normalized spacial score (nSPS) is 30.7. The molecule has 0 aliphatic carbocycles. The molecular weight excluding hydrogens is 320 g/mol. The van der Waals surface area contributed by atoms with Crippen LogP contribution in [0.5, 0.6) is 0 Å². The third kappa shape index (κ3) is 6.51. The fraction of sp³-hybridized carbons (Fsp3) is 0.812. The number of hydrogen-bond donors (Lipinski definition) is 1. The Morgan fingerprint density at radius 2 is 1.70 bits per heavy atom. The maximum absolute atomic E-state index is 12.0. The summed E-state index contributed by atoms with van der Waals surface area (Å²) in [6, 6.07) is 0. The third-order valence-electron chi connectivity index (χ3n) is 4.58. The first kappa shape index (κ1) is 20.0. The monoisotopic (exact) mass is 346 g/mol. The molecule has 5 unspecified atom stereocenters. The highest BCUT2D eigenvalue weighted by Crippen LogP contribution is 2.37.